The number of carbonyl (C=O) groups excluding carboxylic acids is 2. The summed E-state index contributed by atoms with van der Waals surface area (Å²) in [7, 11) is 0. The topological polar surface area (TPSA) is 89.4 Å². The van der Waals surface area contributed by atoms with Gasteiger partial charge in [-0.3, -0.25) is 9.59 Å². The van der Waals surface area contributed by atoms with Crippen molar-refractivity contribution < 1.29 is 9.59 Å². The zero-order valence-electron chi connectivity index (χ0n) is 11.2. The number of halogens is 2. The molecule has 4 N–H and O–H groups in total. The van der Waals surface area contributed by atoms with Crippen molar-refractivity contribution in [2.75, 3.05) is 18.8 Å². The average molecular weight is 318 g/mol. The third-order valence-corrected chi connectivity index (χ3v) is 3.54. The molecule has 1 rings (SSSR count). The quantitative estimate of drug-likeness (QED) is 0.789. The van der Waals surface area contributed by atoms with Gasteiger partial charge in [0.15, 0.2) is 0 Å². The fourth-order valence-electron chi connectivity index (χ4n) is 1.71. The predicted octanol–water partition coefficient (Wildman–Crippen LogP) is 2.30. The fraction of sp³-hybridized carbons (Fsp3) is 0.385. The molecule has 0 aliphatic carbocycles. The Balaban J connectivity index is 3.01. The zero-order chi connectivity index (χ0) is 15.3. The van der Waals surface area contributed by atoms with Crippen LogP contribution in [0.3, 0.4) is 0 Å². The molecule has 0 bridgehead atoms. The van der Waals surface area contributed by atoms with E-state index in [-0.39, 0.29) is 33.7 Å². The summed E-state index contributed by atoms with van der Waals surface area (Å²) in [6, 6.07) is 2.87. The highest BCUT2D eigenvalue weighted by atomic mass is 35.5. The van der Waals surface area contributed by atoms with Crippen LogP contribution in [0.2, 0.25) is 10.0 Å². The second-order valence-electron chi connectivity index (χ2n) is 4.41. The summed E-state index contributed by atoms with van der Waals surface area (Å²) in [4.78, 5) is 24.8. The first kappa shape index (κ1) is 16.6. The monoisotopic (exact) mass is 317 g/mol. The van der Waals surface area contributed by atoms with Crippen molar-refractivity contribution in [2.45, 2.75) is 19.8 Å². The zero-order valence-corrected chi connectivity index (χ0v) is 12.7. The van der Waals surface area contributed by atoms with Crippen LogP contribution in [0.4, 0.5) is 5.69 Å². The number of benzene rings is 1. The minimum atomic E-state index is -0.567. The highest BCUT2D eigenvalue weighted by Crippen LogP contribution is 2.29. The Bertz CT molecular complexity index is 497. The van der Waals surface area contributed by atoms with E-state index in [1.54, 1.807) is 0 Å². The highest BCUT2D eigenvalue weighted by Gasteiger charge is 2.19. The lowest BCUT2D eigenvalue weighted by Crippen LogP contribution is -2.39. The third kappa shape index (κ3) is 4.28. The number of nitrogens with zero attached hydrogens (tertiary/aromatic N) is 1. The van der Waals surface area contributed by atoms with Crippen molar-refractivity contribution >= 4 is 40.7 Å². The van der Waals surface area contributed by atoms with Gasteiger partial charge >= 0.3 is 0 Å². The first-order valence-electron chi connectivity index (χ1n) is 6.18. The van der Waals surface area contributed by atoms with E-state index in [2.05, 4.69) is 0 Å². The molecule has 0 spiro atoms. The van der Waals surface area contributed by atoms with Crippen LogP contribution in [0.5, 0.6) is 0 Å². The Morgan fingerprint density at radius 3 is 2.45 bits per heavy atom. The van der Waals surface area contributed by atoms with Crippen molar-refractivity contribution in [2.24, 2.45) is 5.73 Å². The highest BCUT2D eigenvalue weighted by molar-refractivity contribution is 6.43. The van der Waals surface area contributed by atoms with Gasteiger partial charge in [-0.25, -0.2) is 0 Å². The lowest BCUT2D eigenvalue weighted by atomic mass is 10.1. The van der Waals surface area contributed by atoms with Crippen LogP contribution in [-0.4, -0.2) is 29.8 Å². The van der Waals surface area contributed by atoms with Gasteiger partial charge in [0.25, 0.3) is 5.91 Å². The third-order valence-electron chi connectivity index (χ3n) is 2.72. The summed E-state index contributed by atoms with van der Waals surface area (Å²) in [6.45, 7) is 2.29. The van der Waals surface area contributed by atoms with Gasteiger partial charge in [-0.1, -0.05) is 36.5 Å². The van der Waals surface area contributed by atoms with Crippen molar-refractivity contribution in [3.05, 3.63) is 27.7 Å². The Labute approximate surface area is 127 Å². The lowest BCUT2D eigenvalue weighted by Gasteiger charge is -2.21. The summed E-state index contributed by atoms with van der Waals surface area (Å²) in [5.41, 5.74) is 11.3. The maximum absolute atomic E-state index is 12.4. The number of amides is 2. The summed E-state index contributed by atoms with van der Waals surface area (Å²) in [6.07, 6.45) is 1.67. The molecule has 1 aromatic carbocycles. The maximum Gasteiger partial charge on any atom is 0.254 e. The van der Waals surface area contributed by atoms with Crippen LogP contribution in [0, 0.1) is 0 Å². The van der Waals surface area contributed by atoms with E-state index >= 15 is 0 Å². The van der Waals surface area contributed by atoms with E-state index in [4.69, 9.17) is 34.7 Å². The van der Waals surface area contributed by atoms with E-state index in [0.717, 1.165) is 12.8 Å². The number of nitrogen functional groups attached to an aromatic ring is 1. The number of hydrogen-bond acceptors (Lipinski definition) is 3. The van der Waals surface area contributed by atoms with E-state index in [1.807, 2.05) is 6.92 Å². The number of unbranched alkanes of at least 4 members (excludes halogenated alkanes) is 1. The molecule has 0 aliphatic heterocycles. The fourth-order valence-corrected chi connectivity index (χ4v) is 2.04. The lowest BCUT2D eigenvalue weighted by molar-refractivity contribution is -0.118. The molecule has 1 aromatic rings. The Hall–Kier alpha value is -1.46. The minimum absolute atomic E-state index is 0.140. The molecule has 0 unspecified atom stereocenters. The van der Waals surface area contributed by atoms with Crippen LogP contribution in [0.15, 0.2) is 12.1 Å². The molecule has 0 saturated carbocycles. The molecule has 0 heterocycles. The molecular formula is C13H17Cl2N3O2. The normalized spacial score (nSPS) is 10.3. The van der Waals surface area contributed by atoms with Gasteiger partial charge in [-0.15, -0.1) is 0 Å². The minimum Gasteiger partial charge on any atom is -0.397 e. The molecule has 0 atom stereocenters. The van der Waals surface area contributed by atoms with Gasteiger partial charge in [0.2, 0.25) is 5.91 Å². The van der Waals surface area contributed by atoms with Crippen molar-refractivity contribution in [1.82, 2.24) is 4.90 Å². The number of rotatable bonds is 6. The van der Waals surface area contributed by atoms with E-state index in [0.29, 0.717) is 6.54 Å². The number of nitrogens with two attached hydrogens (primary N) is 2. The second-order valence-corrected chi connectivity index (χ2v) is 5.19. The Morgan fingerprint density at radius 2 is 1.95 bits per heavy atom. The van der Waals surface area contributed by atoms with Gasteiger partial charge in [0.05, 0.1) is 22.3 Å². The molecule has 0 aromatic heterocycles. The molecule has 20 heavy (non-hydrogen) atoms. The Morgan fingerprint density at radius 1 is 1.30 bits per heavy atom. The molecule has 0 aliphatic rings. The predicted molar refractivity (Wildman–Crippen MR) is 80.9 cm³/mol. The standard InChI is InChI=1S/C13H17Cl2N3O2/c1-2-3-4-18(7-11(17)19)13(20)8-5-9(14)12(15)10(16)6-8/h5-6H,2-4,7,16H2,1H3,(H2,17,19). The first-order valence-corrected chi connectivity index (χ1v) is 6.94. The molecule has 110 valence electrons. The number of primary amides is 1. The van der Waals surface area contributed by atoms with Crippen molar-refractivity contribution in [3.8, 4) is 0 Å². The van der Waals surface area contributed by atoms with E-state index < -0.39 is 5.91 Å². The largest absolute Gasteiger partial charge is 0.397 e. The van der Waals surface area contributed by atoms with Gasteiger partial charge in [0.1, 0.15) is 0 Å². The van der Waals surface area contributed by atoms with Crippen molar-refractivity contribution in [1.29, 1.82) is 0 Å². The van der Waals surface area contributed by atoms with Crippen molar-refractivity contribution in [3.63, 3.8) is 0 Å². The average Bonchev–Trinajstić information content (AvgIpc) is 2.39. The summed E-state index contributed by atoms with van der Waals surface area (Å²) in [5.74, 6) is -0.912. The molecular weight excluding hydrogens is 301 g/mol. The van der Waals surface area contributed by atoms with Crippen LogP contribution < -0.4 is 11.5 Å². The smallest absolute Gasteiger partial charge is 0.254 e. The van der Waals surface area contributed by atoms with Gasteiger partial charge < -0.3 is 16.4 Å². The van der Waals surface area contributed by atoms with Crippen LogP contribution in [0.1, 0.15) is 30.1 Å². The first-order chi connectivity index (χ1) is 9.36. The molecule has 0 fully saturated rings. The van der Waals surface area contributed by atoms with Gasteiger partial charge in [0, 0.05) is 12.1 Å². The van der Waals surface area contributed by atoms with Gasteiger partial charge in [-0.2, -0.15) is 0 Å². The molecule has 0 saturated heterocycles. The molecule has 0 radical (unpaired) electrons. The van der Waals surface area contributed by atoms with E-state index in [1.165, 1.54) is 17.0 Å². The maximum atomic E-state index is 12.4. The summed E-state index contributed by atoms with van der Waals surface area (Å²) in [5, 5.41) is 0.405. The van der Waals surface area contributed by atoms with Crippen LogP contribution in [-0.2, 0) is 4.79 Å². The second kappa shape index (κ2) is 7.36. The molecule has 2 amide bonds. The van der Waals surface area contributed by atoms with Crippen LogP contribution in [0.25, 0.3) is 0 Å². The number of anilines is 1. The number of carbonyl (C=O) groups is 2. The summed E-state index contributed by atoms with van der Waals surface area (Å²) < 4.78 is 0. The Kier molecular flexibility index (Phi) is 6.10. The SMILES string of the molecule is CCCCN(CC(N)=O)C(=O)c1cc(N)c(Cl)c(Cl)c1. The molecule has 7 heteroatoms. The number of hydrogen-bond donors (Lipinski definition) is 2. The van der Waals surface area contributed by atoms with Gasteiger partial charge in [-0.05, 0) is 18.6 Å². The molecule has 5 nitrogen and oxygen atoms in total. The van der Waals surface area contributed by atoms with E-state index in [9.17, 15) is 9.59 Å². The summed E-state index contributed by atoms with van der Waals surface area (Å²) >= 11 is 11.7. The van der Waals surface area contributed by atoms with Crippen LogP contribution >= 0.6 is 23.2 Å².